The zero-order chi connectivity index (χ0) is 16.2. The molecule has 0 bridgehead atoms. The molecule has 0 fully saturated rings. The molecule has 0 aromatic heterocycles. The van der Waals surface area contributed by atoms with Gasteiger partial charge in [-0.2, -0.15) is 0 Å². The summed E-state index contributed by atoms with van der Waals surface area (Å²) >= 11 is 0. The summed E-state index contributed by atoms with van der Waals surface area (Å²) in [6.45, 7) is 5.26. The molecule has 1 aromatic rings. The van der Waals surface area contributed by atoms with E-state index < -0.39 is 21.9 Å². The molecule has 0 aliphatic carbocycles. The minimum atomic E-state index is -3.67. The van der Waals surface area contributed by atoms with E-state index in [0.717, 1.165) is 29.1 Å². The topological polar surface area (TPSA) is 66.5 Å². The third-order valence-electron chi connectivity index (χ3n) is 3.17. The Morgan fingerprint density at radius 1 is 1.29 bits per heavy atom. The standard InChI is InChI=1S/C14H21FN2O3S/c1-5-10(2)16-14(18)11(3)17(21(4,19)20)13-8-6-12(15)7-9-13/h6-11H,5H2,1-4H3,(H,16,18)/t10-,11-/m0/s1. The molecule has 1 rings (SSSR count). The van der Waals surface area contributed by atoms with E-state index >= 15 is 0 Å². The van der Waals surface area contributed by atoms with Crippen LogP contribution in [0.3, 0.4) is 0 Å². The van der Waals surface area contributed by atoms with Gasteiger partial charge in [0.25, 0.3) is 0 Å². The second-order valence-corrected chi connectivity index (χ2v) is 6.89. The first kappa shape index (κ1) is 17.4. The molecule has 0 saturated carbocycles. The SMILES string of the molecule is CC[C@H](C)NC(=O)[C@H](C)N(c1ccc(F)cc1)S(C)(=O)=O. The number of halogens is 1. The Balaban J connectivity index is 3.09. The second kappa shape index (κ2) is 6.89. The largest absolute Gasteiger partial charge is 0.352 e. The number of carbonyl (C=O) groups excluding carboxylic acids is 1. The fourth-order valence-electron chi connectivity index (χ4n) is 1.86. The van der Waals surface area contributed by atoms with Gasteiger partial charge in [-0.15, -0.1) is 0 Å². The van der Waals surface area contributed by atoms with Crippen molar-refractivity contribution in [3.05, 3.63) is 30.1 Å². The third kappa shape index (κ3) is 4.70. The molecule has 2 atom stereocenters. The van der Waals surface area contributed by atoms with Gasteiger partial charge in [-0.25, -0.2) is 12.8 Å². The van der Waals surface area contributed by atoms with Gasteiger partial charge >= 0.3 is 0 Å². The van der Waals surface area contributed by atoms with Crippen LogP contribution in [0, 0.1) is 5.82 Å². The fraction of sp³-hybridized carbons (Fsp3) is 0.500. The molecule has 5 nitrogen and oxygen atoms in total. The molecule has 0 aliphatic heterocycles. The van der Waals surface area contributed by atoms with Crippen molar-refractivity contribution in [3.8, 4) is 0 Å². The van der Waals surface area contributed by atoms with Gasteiger partial charge in [-0.05, 0) is 44.5 Å². The van der Waals surface area contributed by atoms with Gasteiger partial charge in [0.2, 0.25) is 15.9 Å². The maximum absolute atomic E-state index is 13.0. The first-order chi connectivity index (χ1) is 9.66. The quantitative estimate of drug-likeness (QED) is 0.871. The number of benzene rings is 1. The lowest BCUT2D eigenvalue weighted by molar-refractivity contribution is -0.122. The van der Waals surface area contributed by atoms with E-state index in [1.54, 1.807) is 0 Å². The van der Waals surface area contributed by atoms with Crippen LogP contribution < -0.4 is 9.62 Å². The summed E-state index contributed by atoms with van der Waals surface area (Å²) < 4.78 is 37.9. The number of nitrogens with zero attached hydrogens (tertiary/aromatic N) is 1. The van der Waals surface area contributed by atoms with Crippen LogP contribution in [0.25, 0.3) is 0 Å². The molecule has 0 saturated heterocycles. The molecular formula is C14H21FN2O3S. The van der Waals surface area contributed by atoms with Gasteiger partial charge in [0.15, 0.2) is 0 Å². The molecule has 0 unspecified atom stereocenters. The predicted octanol–water partition coefficient (Wildman–Crippen LogP) is 1.89. The van der Waals surface area contributed by atoms with Crippen molar-refractivity contribution in [1.82, 2.24) is 5.32 Å². The average molecular weight is 316 g/mol. The van der Waals surface area contributed by atoms with Crippen LogP contribution in [-0.4, -0.2) is 32.7 Å². The molecule has 118 valence electrons. The van der Waals surface area contributed by atoms with Gasteiger partial charge in [-0.3, -0.25) is 9.10 Å². The molecule has 7 heteroatoms. The van der Waals surface area contributed by atoms with Crippen LogP contribution in [0.1, 0.15) is 27.2 Å². The number of rotatable bonds is 6. The highest BCUT2D eigenvalue weighted by Crippen LogP contribution is 2.21. The highest BCUT2D eigenvalue weighted by molar-refractivity contribution is 7.92. The van der Waals surface area contributed by atoms with Gasteiger partial charge in [0, 0.05) is 6.04 Å². The van der Waals surface area contributed by atoms with Crippen LogP contribution in [0.5, 0.6) is 0 Å². The van der Waals surface area contributed by atoms with Crippen LogP contribution in [0.4, 0.5) is 10.1 Å². The number of carbonyl (C=O) groups is 1. The zero-order valence-corrected chi connectivity index (χ0v) is 13.4. The summed E-state index contributed by atoms with van der Waals surface area (Å²) in [7, 11) is -3.67. The minimum Gasteiger partial charge on any atom is -0.352 e. The van der Waals surface area contributed by atoms with Crippen LogP contribution in [0.2, 0.25) is 0 Å². The number of sulfonamides is 1. The van der Waals surface area contributed by atoms with Crippen LogP contribution in [0.15, 0.2) is 24.3 Å². The summed E-state index contributed by atoms with van der Waals surface area (Å²) in [4.78, 5) is 12.1. The van der Waals surface area contributed by atoms with Gasteiger partial charge in [0.1, 0.15) is 11.9 Å². The Hall–Kier alpha value is -1.63. The first-order valence-electron chi connectivity index (χ1n) is 6.72. The lowest BCUT2D eigenvalue weighted by atomic mass is 10.2. The zero-order valence-electron chi connectivity index (χ0n) is 12.6. The minimum absolute atomic E-state index is 0.0467. The highest BCUT2D eigenvalue weighted by Gasteiger charge is 2.29. The lowest BCUT2D eigenvalue weighted by Crippen LogP contribution is -2.49. The van der Waals surface area contributed by atoms with E-state index in [1.807, 2.05) is 13.8 Å². The Labute approximate surface area is 125 Å². The van der Waals surface area contributed by atoms with Crippen molar-refractivity contribution in [2.75, 3.05) is 10.6 Å². The van der Waals surface area contributed by atoms with Crippen LogP contribution in [-0.2, 0) is 14.8 Å². The van der Waals surface area contributed by atoms with Crippen LogP contribution >= 0.6 is 0 Å². The van der Waals surface area contributed by atoms with Crippen molar-refractivity contribution < 1.29 is 17.6 Å². The van der Waals surface area contributed by atoms with Crippen molar-refractivity contribution in [3.63, 3.8) is 0 Å². The van der Waals surface area contributed by atoms with E-state index in [9.17, 15) is 17.6 Å². The molecule has 0 spiro atoms. The Morgan fingerprint density at radius 2 is 1.81 bits per heavy atom. The molecule has 1 amide bonds. The molecule has 1 aromatic carbocycles. The predicted molar refractivity (Wildman–Crippen MR) is 81.1 cm³/mol. The summed E-state index contributed by atoms with van der Waals surface area (Å²) in [5, 5.41) is 2.74. The number of amides is 1. The molecule has 21 heavy (non-hydrogen) atoms. The first-order valence-corrected chi connectivity index (χ1v) is 8.57. The summed E-state index contributed by atoms with van der Waals surface area (Å²) in [6.07, 6.45) is 1.76. The van der Waals surface area contributed by atoms with E-state index in [4.69, 9.17) is 0 Å². The third-order valence-corrected chi connectivity index (χ3v) is 4.41. The summed E-state index contributed by atoms with van der Waals surface area (Å²) in [6, 6.07) is 4.03. The fourth-order valence-corrected chi connectivity index (χ4v) is 3.04. The van der Waals surface area contributed by atoms with Gasteiger partial charge < -0.3 is 5.32 Å². The van der Waals surface area contributed by atoms with E-state index in [0.29, 0.717) is 0 Å². The maximum Gasteiger partial charge on any atom is 0.243 e. The Kier molecular flexibility index (Phi) is 5.71. The van der Waals surface area contributed by atoms with Crippen molar-refractivity contribution in [1.29, 1.82) is 0 Å². The average Bonchev–Trinajstić information content (AvgIpc) is 2.39. The van der Waals surface area contributed by atoms with Crippen molar-refractivity contribution in [2.45, 2.75) is 39.3 Å². The number of hydrogen-bond acceptors (Lipinski definition) is 3. The molecule has 0 aliphatic rings. The Bertz CT molecular complexity index is 587. The van der Waals surface area contributed by atoms with Crippen molar-refractivity contribution >= 4 is 21.6 Å². The smallest absolute Gasteiger partial charge is 0.243 e. The summed E-state index contributed by atoms with van der Waals surface area (Å²) in [5.41, 5.74) is 0.255. The Morgan fingerprint density at radius 3 is 2.24 bits per heavy atom. The molecule has 0 radical (unpaired) electrons. The summed E-state index contributed by atoms with van der Waals surface area (Å²) in [5.74, 6) is -0.858. The number of anilines is 1. The molecule has 0 heterocycles. The number of nitrogens with one attached hydrogen (secondary N) is 1. The molecule has 1 N–H and O–H groups in total. The van der Waals surface area contributed by atoms with E-state index in [2.05, 4.69) is 5.32 Å². The molecular weight excluding hydrogens is 295 g/mol. The van der Waals surface area contributed by atoms with E-state index in [1.165, 1.54) is 19.1 Å². The van der Waals surface area contributed by atoms with Gasteiger partial charge in [0.05, 0.1) is 11.9 Å². The monoisotopic (exact) mass is 316 g/mol. The van der Waals surface area contributed by atoms with E-state index in [-0.39, 0.29) is 17.6 Å². The van der Waals surface area contributed by atoms with Crippen molar-refractivity contribution in [2.24, 2.45) is 0 Å². The maximum atomic E-state index is 13.0. The normalized spacial score (nSPS) is 14.3. The lowest BCUT2D eigenvalue weighted by Gasteiger charge is -2.29. The second-order valence-electron chi connectivity index (χ2n) is 5.03. The number of hydrogen-bond donors (Lipinski definition) is 1. The van der Waals surface area contributed by atoms with Gasteiger partial charge in [-0.1, -0.05) is 6.92 Å². The highest BCUT2D eigenvalue weighted by atomic mass is 32.2.